The van der Waals surface area contributed by atoms with Crippen molar-refractivity contribution >= 4 is 34.2 Å². The van der Waals surface area contributed by atoms with Crippen LogP contribution in [0.5, 0.6) is 5.75 Å². The van der Waals surface area contributed by atoms with Crippen molar-refractivity contribution in [3.8, 4) is 17.0 Å². The van der Waals surface area contributed by atoms with E-state index in [0.717, 1.165) is 29.8 Å². The maximum absolute atomic E-state index is 13.1. The highest BCUT2D eigenvalue weighted by molar-refractivity contribution is 7.14. The van der Waals surface area contributed by atoms with Crippen LogP contribution in [0, 0.1) is 16.7 Å². The van der Waals surface area contributed by atoms with Gasteiger partial charge in [-0.05, 0) is 36.8 Å². The van der Waals surface area contributed by atoms with Crippen molar-refractivity contribution in [2.75, 3.05) is 19.0 Å². The van der Waals surface area contributed by atoms with Gasteiger partial charge in [-0.25, -0.2) is 4.98 Å². The van der Waals surface area contributed by atoms with E-state index >= 15 is 0 Å². The summed E-state index contributed by atoms with van der Waals surface area (Å²) in [7, 11) is 1.61. The average Bonchev–Trinajstić information content (AvgIpc) is 3.29. The number of aromatic nitrogens is 1. The molecule has 1 saturated heterocycles. The minimum absolute atomic E-state index is 0.0863. The Bertz CT molecular complexity index is 1060. The van der Waals surface area contributed by atoms with Crippen LogP contribution in [0.1, 0.15) is 46.5 Å². The first-order valence-corrected chi connectivity index (χ1v) is 11.8. The minimum atomic E-state index is -0.510. The molecule has 4 rings (SSSR count). The standard InChI is InChI=1S/C24H29N3O4S/c1-23(2)16-11-12-24(23,3)21(30)27(20(16)29)13-7-10-19(28)26-22-25-17(14-32-22)15-8-5-6-9-18(15)31-4/h5-6,8-9,14,16H,7,10-13H2,1-4H3,(H,25,26,28). The number of nitrogens with zero attached hydrogens (tertiary/aromatic N) is 2. The third-order valence-electron chi connectivity index (χ3n) is 7.43. The van der Waals surface area contributed by atoms with E-state index in [0.29, 0.717) is 11.6 Å². The first-order chi connectivity index (χ1) is 15.2. The molecule has 2 aromatic rings. The molecule has 7 nitrogen and oxygen atoms in total. The zero-order valence-electron chi connectivity index (χ0n) is 18.9. The van der Waals surface area contributed by atoms with E-state index in [9.17, 15) is 14.4 Å². The topological polar surface area (TPSA) is 88.6 Å². The molecule has 2 aliphatic rings. The maximum Gasteiger partial charge on any atom is 0.235 e. The molecule has 1 N–H and O–H groups in total. The third-order valence-corrected chi connectivity index (χ3v) is 8.18. The number of ether oxygens (including phenoxy) is 1. The van der Waals surface area contributed by atoms with E-state index in [4.69, 9.17) is 4.74 Å². The first kappa shape index (κ1) is 22.5. The molecule has 2 atom stereocenters. The van der Waals surface area contributed by atoms with Crippen molar-refractivity contribution in [3.05, 3.63) is 29.6 Å². The van der Waals surface area contributed by atoms with E-state index in [2.05, 4.69) is 10.3 Å². The number of benzene rings is 1. The predicted octanol–water partition coefficient (Wildman–Crippen LogP) is 4.35. The molecular formula is C24H29N3O4S. The van der Waals surface area contributed by atoms with E-state index in [1.54, 1.807) is 7.11 Å². The summed E-state index contributed by atoms with van der Waals surface area (Å²) < 4.78 is 5.38. The fourth-order valence-corrected chi connectivity index (χ4v) is 5.73. The molecule has 2 heterocycles. The molecule has 1 aromatic heterocycles. The number of carbonyl (C=O) groups excluding carboxylic acids is 3. The quantitative estimate of drug-likeness (QED) is 0.627. The number of likely N-dealkylation sites (tertiary alicyclic amines) is 1. The lowest BCUT2D eigenvalue weighted by atomic mass is 9.62. The van der Waals surface area contributed by atoms with Gasteiger partial charge in [-0.15, -0.1) is 11.3 Å². The molecule has 2 unspecified atom stereocenters. The average molecular weight is 456 g/mol. The normalized spacial score (nSPS) is 24.0. The van der Waals surface area contributed by atoms with Gasteiger partial charge in [0, 0.05) is 29.8 Å². The molecule has 1 aliphatic carbocycles. The molecule has 1 aliphatic heterocycles. The Labute approximate surface area is 192 Å². The van der Waals surface area contributed by atoms with Gasteiger partial charge in [-0.3, -0.25) is 19.3 Å². The lowest BCUT2D eigenvalue weighted by Gasteiger charge is -2.47. The smallest absolute Gasteiger partial charge is 0.235 e. The number of hydrogen-bond donors (Lipinski definition) is 1. The number of piperidine rings is 1. The number of rotatable bonds is 7. The van der Waals surface area contributed by atoms with Crippen molar-refractivity contribution in [1.29, 1.82) is 0 Å². The lowest BCUT2D eigenvalue weighted by molar-refractivity contribution is -0.168. The Morgan fingerprint density at radius 1 is 1.28 bits per heavy atom. The van der Waals surface area contributed by atoms with Crippen LogP contribution in [0.3, 0.4) is 0 Å². The molecule has 1 aromatic carbocycles. The van der Waals surface area contributed by atoms with E-state index in [1.807, 2.05) is 50.4 Å². The van der Waals surface area contributed by atoms with Crippen LogP contribution in [0.2, 0.25) is 0 Å². The van der Waals surface area contributed by atoms with Crippen molar-refractivity contribution in [1.82, 2.24) is 9.88 Å². The highest BCUT2D eigenvalue weighted by Gasteiger charge is 2.64. The van der Waals surface area contributed by atoms with Crippen LogP contribution in [-0.4, -0.2) is 41.3 Å². The van der Waals surface area contributed by atoms with Crippen LogP contribution in [0.4, 0.5) is 5.13 Å². The number of anilines is 1. The SMILES string of the molecule is COc1ccccc1-c1csc(NC(=O)CCCN2C(=O)C3CCC(C)(C2=O)C3(C)C)n1. The third kappa shape index (κ3) is 3.60. The number of methoxy groups -OCH3 is 1. The second-order valence-corrected chi connectivity index (χ2v) is 10.2. The number of nitrogens with one attached hydrogen (secondary N) is 1. The Morgan fingerprint density at radius 2 is 2.03 bits per heavy atom. The van der Waals surface area contributed by atoms with Gasteiger partial charge in [0.25, 0.3) is 0 Å². The molecule has 0 radical (unpaired) electrons. The first-order valence-electron chi connectivity index (χ1n) is 10.9. The molecule has 2 bridgehead atoms. The maximum atomic E-state index is 13.1. The minimum Gasteiger partial charge on any atom is -0.496 e. The van der Waals surface area contributed by atoms with Crippen molar-refractivity contribution < 1.29 is 19.1 Å². The molecule has 0 spiro atoms. The molecular weight excluding hydrogens is 426 g/mol. The number of carbonyl (C=O) groups is 3. The van der Waals surface area contributed by atoms with Crippen LogP contribution in [0.25, 0.3) is 11.3 Å². The number of amides is 3. The summed E-state index contributed by atoms with van der Waals surface area (Å²) >= 11 is 1.35. The highest BCUT2D eigenvalue weighted by Crippen LogP contribution is 2.60. The summed E-state index contributed by atoms with van der Waals surface area (Å²) in [4.78, 5) is 44.3. The summed E-state index contributed by atoms with van der Waals surface area (Å²) in [6, 6.07) is 7.58. The fourth-order valence-electron chi connectivity index (χ4n) is 5.00. The molecule has 3 amide bonds. The number of imide groups is 1. The van der Waals surface area contributed by atoms with Gasteiger partial charge in [0.05, 0.1) is 18.2 Å². The predicted molar refractivity (Wildman–Crippen MR) is 123 cm³/mol. The van der Waals surface area contributed by atoms with Gasteiger partial charge in [-0.1, -0.05) is 32.9 Å². The monoisotopic (exact) mass is 455 g/mol. The van der Waals surface area contributed by atoms with Crippen LogP contribution in [-0.2, 0) is 14.4 Å². The summed E-state index contributed by atoms with van der Waals surface area (Å²) in [5.74, 6) is 0.234. The van der Waals surface area contributed by atoms with Crippen molar-refractivity contribution in [2.45, 2.75) is 46.5 Å². The summed E-state index contributed by atoms with van der Waals surface area (Å²) in [6.07, 6.45) is 2.14. The molecule has 1 saturated carbocycles. The van der Waals surface area contributed by atoms with E-state index in [1.165, 1.54) is 16.2 Å². The number of hydrogen-bond acceptors (Lipinski definition) is 6. The Morgan fingerprint density at radius 3 is 2.78 bits per heavy atom. The molecule has 8 heteroatoms. The summed E-state index contributed by atoms with van der Waals surface area (Å²) in [5, 5.41) is 5.20. The van der Waals surface area contributed by atoms with Crippen LogP contribution >= 0.6 is 11.3 Å². The fraction of sp³-hybridized carbons (Fsp3) is 0.500. The van der Waals surface area contributed by atoms with Gasteiger partial charge in [0.1, 0.15) is 5.75 Å². The van der Waals surface area contributed by atoms with Gasteiger partial charge >= 0.3 is 0 Å². The van der Waals surface area contributed by atoms with E-state index < -0.39 is 5.41 Å². The Balaban J connectivity index is 1.33. The number of thiazole rings is 1. The Hall–Kier alpha value is -2.74. The largest absolute Gasteiger partial charge is 0.496 e. The summed E-state index contributed by atoms with van der Waals surface area (Å²) in [6.45, 7) is 6.30. The van der Waals surface area contributed by atoms with Gasteiger partial charge < -0.3 is 10.1 Å². The highest BCUT2D eigenvalue weighted by atomic mass is 32.1. The van der Waals surface area contributed by atoms with Gasteiger partial charge in [0.15, 0.2) is 5.13 Å². The summed E-state index contributed by atoms with van der Waals surface area (Å²) in [5.41, 5.74) is 0.765. The lowest BCUT2D eigenvalue weighted by Crippen LogP contribution is -2.59. The zero-order chi connectivity index (χ0) is 23.1. The molecule has 32 heavy (non-hydrogen) atoms. The zero-order valence-corrected chi connectivity index (χ0v) is 19.8. The van der Waals surface area contributed by atoms with Gasteiger partial charge in [-0.2, -0.15) is 0 Å². The number of para-hydroxylation sites is 1. The van der Waals surface area contributed by atoms with Crippen LogP contribution < -0.4 is 10.1 Å². The van der Waals surface area contributed by atoms with Gasteiger partial charge in [0.2, 0.25) is 17.7 Å². The Kier molecular flexibility index (Phi) is 5.83. The second-order valence-electron chi connectivity index (χ2n) is 9.33. The number of fused-ring (bicyclic) bond motifs is 2. The molecule has 2 fully saturated rings. The van der Waals surface area contributed by atoms with E-state index in [-0.39, 0.29) is 42.0 Å². The molecule has 170 valence electrons. The second kappa shape index (κ2) is 8.31. The van der Waals surface area contributed by atoms with Crippen molar-refractivity contribution in [3.63, 3.8) is 0 Å². The van der Waals surface area contributed by atoms with Crippen molar-refractivity contribution in [2.24, 2.45) is 16.7 Å². The van der Waals surface area contributed by atoms with Crippen LogP contribution in [0.15, 0.2) is 29.6 Å².